The van der Waals surface area contributed by atoms with Crippen molar-refractivity contribution in [2.24, 2.45) is 0 Å². The third kappa shape index (κ3) is 3.03. The van der Waals surface area contributed by atoms with E-state index in [2.05, 4.69) is 0 Å². The summed E-state index contributed by atoms with van der Waals surface area (Å²) in [6.45, 7) is 0.367. The number of rotatable bonds is 5. The minimum atomic E-state index is -3.68. The fourth-order valence-corrected chi connectivity index (χ4v) is 5.25. The molecule has 0 saturated carbocycles. The number of nitrogens with zero attached hydrogens (tertiary/aromatic N) is 1. The molecule has 1 unspecified atom stereocenters. The molecule has 112 valence electrons. The van der Waals surface area contributed by atoms with Gasteiger partial charge >= 0.3 is 5.97 Å². The summed E-state index contributed by atoms with van der Waals surface area (Å²) in [5, 5.41) is 19.3. The van der Waals surface area contributed by atoms with Crippen molar-refractivity contribution in [3.8, 4) is 0 Å². The van der Waals surface area contributed by atoms with Crippen molar-refractivity contribution in [2.75, 3.05) is 13.2 Å². The Hall–Kier alpha value is -0.960. The molecule has 2 rings (SSSR count). The zero-order chi connectivity index (χ0) is 14.8. The summed E-state index contributed by atoms with van der Waals surface area (Å²) in [4.78, 5) is 10.9. The van der Waals surface area contributed by atoms with Crippen LogP contribution in [0, 0.1) is 0 Å². The van der Waals surface area contributed by atoms with E-state index in [1.807, 2.05) is 0 Å². The van der Waals surface area contributed by atoms with Crippen LogP contribution in [0.3, 0.4) is 0 Å². The Kier molecular flexibility index (Phi) is 4.79. The molecular weight excluding hydrogens is 302 g/mol. The number of sulfonamides is 1. The van der Waals surface area contributed by atoms with Crippen LogP contribution in [-0.4, -0.2) is 48.1 Å². The molecule has 1 aromatic heterocycles. The fourth-order valence-electron chi connectivity index (χ4n) is 2.43. The Morgan fingerprint density at radius 2 is 2.20 bits per heavy atom. The second-order valence-electron chi connectivity index (χ2n) is 4.73. The number of carbonyl (C=O) groups is 1. The molecule has 1 aliphatic rings. The smallest absolute Gasteiger partial charge is 0.345 e. The van der Waals surface area contributed by atoms with Crippen LogP contribution >= 0.6 is 11.3 Å². The molecule has 1 aromatic rings. The van der Waals surface area contributed by atoms with Gasteiger partial charge in [-0.25, -0.2) is 13.2 Å². The summed E-state index contributed by atoms with van der Waals surface area (Å²) in [5.41, 5.74) is 0. The Labute approximate surface area is 121 Å². The lowest BCUT2D eigenvalue weighted by atomic mass is 10.0. The van der Waals surface area contributed by atoms with Crippen LogP contribution < -0.4 is 0 Å². The van der Waals surface area contributed by atoms with Gasteiger partial charge in [0.25, 0.3) is 0 Å². The van der Waals surface area contributed by atoms with Gasteiger partial charge in [-0.1, -0.05) is 6.42 Å². The Morgan fingerprint density at radius 3 is 2.80 bits per heavy atom. The second kappa shape index (κ2) is 6.21. The minimum absolute atomic E-state index is 0.0132. The van der Waals surface area contributed by atoms with Gasteiger partial charge < -0.3 is 10.2 Å². The molecule has 8 heteroatoms. The van der Waals surface area contributed by atoms with E-state index in [0.29, 0.717) is 13.0 Å². The molecular formula is C12H17NO5S2. The van der Waals surface area contributed by atoms with E-state index < -0.39 is 16.0 Å². The van der Waals surface area contributed by atoms with Crippen LogP contribution in [0.15, 0.2) is 16.3 Å². The average Bonchev–Trinajstić information content (AvgIpc) is 2.90. The highest BCUT2D eigenvalue weighted by Gasteiger charge is 2.33. The zero-order valence-corrected chi connectivity index (χ0v) is 12.5. The van der Waals surface area contributed by atoms with Crippen LogP contribution in [0.4, 0.5) is 0 Å². The first-order valence-corrected chi connectivity index (χ1v) is 8.73. The van der Waals surface area contributed by atoms with E-state index in [0.717, 1.165) is 30.6 Å². The summed E-state index contributed by atoms with van der Waals surface area (Å²) < 4.78 is 26.5. The summed E-state index contributed by atoms with van der Waals surface area (Å²) in [6.07, 6.45) is 2.88. The molecule has 1 saturated heterocycles. The third-order valence-electron chi connectivity index (χ3n) is 3.43. The van der Waals surface area contributed by atoms with E-state index in [9.17, 15) is 13.2 Å². The van der Waals surface area contributed by atoms with Gasteiger partial charge in [0.15, 0.2) is 0 Å². The number of hydrogen-bond acceptors (Lipinski definition) is 5. The number of hydrogen-bond donors (Lipinski definition) is 2. The molecule has 0 aliphatic carbocycles. The summed E-state index contributed by atoms with van der Waals surface area (Å²) >= 11 is 0.908. The highest BCUT2D eigenvalue weighted by Crippen LogP contribution is 2.29. The molecule has 6 nitrogen and oxygen atoms in total. The van der Waals surface area contributed by atoms with Crippen LogP contribution in [0.5, 0.6) is 0 Å². The predicted octanol–water partition coefficient (Wildman–Crippen LogP) is 1.37. The summed E-state index contributed by atoms with van der Waals surface area (Å²) in [6, 6.07) is 0.999. The molecule has 1 aliphatic heterocycles. The summed E-state index contributed by atoms with van der Waals surface area (Å²) in [7, 11) is -3.68. The quantitative estimate of drug-likeness (QED) is 0.855. The number of carboxylic acids is 1. The topological polar surface area (TPSA) is 94.9 Å². The van der Waals surface area contributed by atoms with Crippen LogP contribution in [0.25, 0.3) is 0 Å². The van der Waals surface area contributed by atoms with Crippen molar-refractivity contribution in [1.82, 2.24) is 4.31 Å². The van der Waals surface area contributed by atoms with Gasteiger partial charge in [-0.3, -0.25) is 0 Å². The van der Waals surface area contributed by atoms with Crippen molar-refractivity contribution in [3.63, 3.8) is 0 Å². The Morgan fingerprint density at radius 1 is 1.45 bits per heavy atom. The van der Waals surface area contributed by atoms with Crippen LogP contribution in [0.1, 0.15) is 35.4 Å². The summed E-state index contributed by atoms with van der Waals surface area (Å²) in [5.74, 6) is -1.12. The molecule has 0 amide bonds. The molecule has 0 spiro atoms. The zero-order valence-electron chi connectivity index (χ0n) is 10.9. The maximum atomic E-state index is 12.6. The number of aliphatic hydroxyl groups excluding tert-OH is 1. The van der Waals surface area contributed by atoms with Gasteiger partial charge in [-0.05, 0) is 25.3 Å². The first kappa shape index (κ1) is 15.4. The van der Waals surface area contributed by atoms with Crippen molar-refractivity contribution < 1.29 is 23.4 Å². The van der Waals surface area contributed by atoms with E-state index in [-0.39, 0.29) is 22.4 Å². The average molecular weight is 319 g/mol. The molecule has 1 fully saturated rings. The Bertz CT molecular complexity index is 578. The van der Waals surface area contributed by atoms with Gasteiger partial charge in [0.2, 0.25) is 10.0 Å². The van der Waals surface area contributed by atoms with Gasteiger partial charge in [0.05, 0.1) is 4.90 Å². The van der Waals surface area contributed by atoms with Crippen molar-refractivity contribution >= 4 is 27.3 Å². The number of thiophene rings is 1. The molecule has 20 heavy (non-hydrogen) atoms. The normalized spacial score (nSPS) is 20.9. The molecule has 0 bridgehead atoms. The maximum absolute atomic E-state index is 12.6. The molecule has 1 atom stereocenters. The lowest BCUT2D eigenvalue weighted by Gasteiger charge is -2.34. The van der Waals surface area contributed by atoms with E-state index >= 15 is 0 Å². The highest BCUT2D eigenvalue weighted by atomic mass is 32.2. The molecule has 2 heterocycles. The second-order valence-corrected chi connectivity index (χ2v) is 7.53. The van der Waals surface area contributed by atoms with Crippen molar-refractivity contribution in [3.05, 3.63) is 16.3 Å². The predicted molar refractivity (Wildman–Crippen MR) is 74.5 cm³/mol. The third-order valence-corrected chi connectivity index (χ3v) is 6.43. The largest absolute Gasteiger partial charge is 0.477 e. The first-order chi connectivity index (χ1) is 9.46. The van der Waals surface area contributed by atoms with E-state index in [1.54, 1.807) is 0 Å². The number of aliphatic hydroxyl groups is 1. The van der Waals surface area contributed by atoms with E-state index in [1.165, 1.54) is 15.8 Å². The minimum Gasteiger partial charge on any atom is -0.477 e. The molecule has 0 aromatic carbocycles. The lowest BCUT2D eigenvalue weighted by Crippen LogP contribution is -2.43. The van der Waals surface area contributed by atoms with Gasteiger partial charge in [-0.2, -0.15) is 4.31 Å². The molecule has 0 radical (unpaired) electrons. The maximum Gasteiger partial charge on any atom is 0.345 e. The van der Waals surface area contributed by atoms with E-state index in [4.69, 9.17) is 10.2 Å². The van der Waals surface area contributed by atoms with Gasteiger partial charge in [0, 0.05) is 24.6 Å². The standard InChI is InChI=1S/C12H17NO5S2/c14-6-4-9-3-1-2-5-13(9)20(17,18)10-7-11(12(15)16)19-8-10/h7-9,14H,1-6H2,(H,15,16). The van der Waals surface area contributed by atoms with Crippen molar-refractivity contribution in [1.29, 1.82) is 0 Å². The first-order valence-electron chi connectivity index (χ1n) is 6.41. The highest BCUT2D eigenvalue weighted by molar-refractivity contribution is 7.89. The lowest BCUT2D eigenvalue weighted by molar-refractivity contribution is 0.0702. The number of piperidine rings is 1. The fraction of sp³-hybridized carbons (Fsp3) is 0.583. The van der Waals surface area contributed by atoms with Crippen LogP contribution in [-0.2, 0) is 10.0 Å². The SMILES string of the molecule is O=C(O)c1cc(S(=O)(=O)N2CCCCC2CCO)cs1. The van der Waals surface area contributed by atoms with Gasteiger partial charge in [-0.15, -0.1) is 11.3 Å². The van der Waals surface area contributed by atoms with Crippen molar-refractivity contribution in [2.45, 2.75) is 36.6 Å². The Balaban J connectivity index is 2.29. The molecule has 2 N–H and O–H groups in total. The number of aromatic carboxylic acids is 1. The van der Waals surface area contributed by atoms with Gasteiger partial charge in [0.1, 0.15) is 4.88 Å². The number of carboxylic acid groups (broad SMARTS) is 1. The van der Waals surface area contributed by atoms with Crippen LogP contribution in [0.2, 0.25) is 0 Å². The monoisotopic (exact) mass is 319 g/mol.